The fourth-order valence-electron chi connectivity index (χ4n) is 2.02. The molecule has 0 spiro atoms. The summed E-state index contributed by atoms with van der Waals surface area (Å²) in [4.78, 5) is 17.9. The number of aromatic nitrogens is 1. The second kappa shape index (κ2) is 5.65. The highest BCUT2D eigenvalue weighted by Gasteiger charge is 2.12. The number of benzene rings is 1. The van der Waals surface area contributed by atoms with Gasteiger partial charge in [0, 0.05) is 19.8 Å². The van der Waals surface area contributed by atoms with E-state index in [-0.39, 0.29) is 5.78 Å². The van der Waals surface area contributed by atoms with Crippen molar-refractivity contribution in [3.05, 3.63) is 59.3 Å². The maximum Gasteiger partial charge on any atom is 0.163 e. The summed E-state index contributed by atoms with van der Waals surface area (Å²) < 4.78 is 0. The Morgan fingerprint density at radius 3 is 2.53 bits per heavy atom. The van der Waals surface area contributed by atoms with E-state index in [0.29, 0.717) is 5.56 Å². The molecule has 3 heteroatoms. The third-order valence-corrected chi connectivity index (χ3v) is 3.07. The first-order valence-electron chi connectivity index (χ1n) is 6.30. The normalized spacial score (nSPS) is 10.3. The highest BCUT2D eigenvalue weighted by atomic mass is 16.1. The zero-order chi connectivity index (χ0) is 13.8. The van der Waals surface area contributed by atoms with Crippen LogP contribution in [0.1, 0.15) is 28.4 Å². The molecule has 0 saturated heterocycles. The number of rotatable bonds is 4. The zero-order valence-corrected chi connectivity index (χ0v) is 11.6. The van der Waals surface area contributed by atoms with E-state index in [9.17, 15) is 4.79 Å². The van der Waals surface area contributed by atoms with Crippen molar-refractivity contribution < 1.29 is 4.79 Å². The number of Topliss-reactive ketones (excluding diaryl/α,β-unsaturated/α-hetero) is 1. The predicted octanol–water partition coefficient (Wildman–Crippen LogP) is 3.23. The Morgan fingerprint density at radius 2 is 1.89 bits per heavy atom. The third kappa shape index (κ3) is 3.19. The average Bonchev–Trinajstić information content (AvgIpc) is 2.41. The van der Waals surface area contributed by atoms with Crippen LogP contribution in [0.5, 0.6) is 0 Å². The summed E-state index contributed by atoms with van der Waals surface area (Å²) in [6.45, 7) is 4.37. The standard InChI is InChI=1S/C16H18N2O/c1-12-6-8-14(9-7-12)11-18(3)16-15(13(2)19)5-4-10-17-16/h4-10H,11H2,1-3H3. The van der Waals surface area contributed by atoms with Gasteiger partial charge in [0.1, 0.15) is 5.82 Å². The molecular formula is C16H18N2O. The highest BCUT2D eigenvalue weighted by molar-refractivity contribution is 5.98. The molecule has 1 aromatic heterocycles. The van der Waals surface area contributed by atoms with Crippen LogP contribution in [0.25, 0.3) is 0 Å². The van der Waals surface area contributed by atoms with Gasteiger partial charge in [-0.25, -0.2) is 4.98 Å². The SMILES string of the molecule is CC(=O)c1cccnc1N(C)Cc1ccc(C)cc1. The molecule has 0 aliphatic rings. The number of carbonyl (C=O) groups is 1. The monoisotopic (exact) mass is 254 g/mol. The zero-order valence-electron chi connectivity index (χ0n) is 11.6. The number of anilines is 1. The highest BCUT2D eigenvalue weighted by Crippen LogP contribution is 2.18. The maximum atomic E-state index is 11.6. The van der Waals surface area contributed by atoms with Crippen molar-refractivity contribution in [3.63, 3.8) is 0 Å². The first-order valence-corrected chi connectivity index (χ1v) is 6.30. The van der Waals surface area contributed by atoms with Crippen molar-refractivity contribution in [3.8, 4) is 0 Å². The van der Waals surface area contributed by atoms with Crippen molar-refractivity contribution in [2.24, 2.45) is 0 Å². The van der Waals surface area contributed by atoms with E-state index in [4.69, 9.17) is 0 Å². The molecule has 3 nitrogen and oxygen atoms in total. The Balaban J connectivity index is 2.22. The lowest BCUT2D eigenvalue weighted by Gasteiger charge is -2.20. The number of hydrogen-bond acceptors (Lipinski definition) is 3. The third-order valence-electron chi connectivity index (χ3n) is 3.07. The average molecular weight is 254 g/mol. The van der Waals surface area contributed by atoms with Crippen molar-refractivity contribution in [1.29, 1.82) is 0 Å². The first-order chi connectivity index (χ1) is 9.08. The molecule has 19 heavy (non-hydrogen) atoms. The van der Waals surface area contributed by atoms with Crippen LogP contribution >= 0.6 is 0 Å². The molecule has 0 fully saturated rings. The Labute approximate surface area is 113 Å². The van der Waals surface area contributed by atoms with Crippen molar-refractivity contribution in [2.75, 3.05) is 11.9 Å². The van der Waals surface area contributed by atoms with Crippen molar-refractivity contribution in [1.82, 2.24) is 4.98 Å². The minimum atomic E-state index is 0.0406. The minimum absolute atomic E-state index is 0.0406. The van der Waals surface area contributed by atoms with E-state index in [0.717, 1.165) is 12.4 Å². The van der Waals surface area contributed by atoms with Crippen LogP contribution < -0.4 is 4.90 Å². The van der Waals surface area contributed by atoms with Crippen LogP contribution in [-0.4, -0.2) is 17.8 Å². The smallest absolute Gasteiger partial charge is 0.163 e. The van der Waals surface area contributed by atoms with E-state index >= 15 is 0 Å². The van der Waals surface area contributed by atoms with Gasteiger partial charge in [-0.2, -0.15) is 0 Å². The number of nitrogens with zero attached hydrogens (tertiary/aromatic N) is 2. The topological polar surface area (TPSA) is 33.2 Å². The molecule has 0 N–H and O–H groups in total. The van der Waals surface area contributed by atoms with Crippen LogP contribution in [0.3, 0.4) is 0 Å². The Hall–Kier alpha value is -2.16. The van der Waals surface area contributed by atoms with E-state index < -0.39 is 0 Å². The summed E-state index contributed by atoms with van der Waals surface area (Å²) in [7, 11) is 1.95. The van der Waals surface area contributed by atoms with Gasteiger partial charge >= 0.3 is 0 Å². The first kappa shape index (κ1) is 13.3. The summed E-state index contributed by atoms with van der Waals surface area (Å²) in [6.07, 6.45) is 1.72. The molecule has 0 radical (unpaired) electrons. The summed E-state index contributed by atoms with van der Waals surface area (Å²) in [5, 5.41) is 0. The predicted molar refractivity (Wildman–Crippen MR) is 77.5 cm³/mol. The van der Waals surface area contributed by atoms with Gasteiger partial charge in [-0.1, -0.05) is 29.8 Å². The van der Waals surface area contributed by atoms with Crippen LogP contribution in [0.15, 0.2) is 42.6 Å². The molecule has 2 rings (SSSR count). The fourth-order valence-corrected chi connectivity index (χ4v) is 2.02. The van der Waals surface area contributed by atoms with Crippen LogP contribution in [-0.2, 0) is 6.54 Å². The Morgan fingerprint density at radius 1 is 1.21 bits per heavy atom. The molecule has 1 heterocycles. The van der Waals surface area contributed by atoms with Crippen LogP contribution in [0.4, 0.5) is 5.82 Å². The van der Waals surface area contributed by atoms with Crippen molar-refractivity contribution in [2.45, 2.75) is 20.4 Å². The van der Waals surface area contributed by atoms with Gasteiger partial charge in [0.15, 0.2) is 5.78 Å². The quantitative estimate of drug-likeness (QED) is 0.785. The van der Waals surface area contributed by atoms with Crippen LogP contribution in [0, 0.1) is 6.92 Å². The van der Waals surface area contributed by atoms with Gasteiger partial charge in [-0.05, 0) is 31.5 Å². The van der Waals surface area contributed by atoms with Crippen LogP contribution in [0.2, 0.25) is 0 Å². The molecule has 98 valence electrons. The lowest BCUT2D eigenvalue weighted by molar-refractivity contribution is 0.101. The molecule has 0 aliphatic heterocycles. The lowest BCUT2D eigenvalue weighted by Crippen LogP contribution is -2.20. The molecular weight excluding hydrogens is 236 g/mol. The lowest BCUT2D eigenvalue weighted by atomic mass is 10.1. The second-order valence-electron chi connectivity index (χ2n) is 4.77. The van der Waals surface area contributed by atoms with E-state index in [1.165, 1.54) is 11.1 Å². The maximum absolute atomic E-state index is 11.6. The second-order valence-corrected chi connectivity index (χ2v) is 4.77. The molecule has 0 atom stereocenters. The van der Waals surface area contributed by atoms with Gasteiger partial charge < -0.3 is 4.90 Å². The molecule has 0 unspecified atom stereocenters. The van der Waals surface area contributed by atoms with Crippen molar-refractivity contribution >= 4 is 11.6 Å². The molecule has 1 aromatic carbocycles. The number of hydrogen-bond donors (Lipinski definition) is 0. The summed E-state index contributed by atoms with van der Waals surface area (Å²) >= 11 is 0. The number of carbonyl (C=O) groups excluding carboxylic acids is 1. The number of aryl methyl sites for hydroxylation is 1. The number of ketones is 1. The summed E-state index contributed by atoms with van der Waals surface area (Å²) in [6, 6.07) is 12.0. The fraction of sp³-hybridized carbons (Fsp3) is 0.250. The molecule has 0 saturated carbocycles. The van der Waals surface area contributed by atoms with Gasteiger partial charge in [-0.15, -0.1) is 0 Å². The summed E-state index contributed by atoms with van der Waals surface area (Å²) in [5.74, 6) is 0.773. The molecule has 2 aromatic rings. The molecule has 0 amide bonds. The number of pyridine rings is 1. The van der Waals surface area contributed by atoms with E-state index in [2.05, 4.69) is 36.2 Å². The molecule has 0 bridgehead atoms. The molecule has 0 aliphatic carbocycles. The Bertz CT molecular complexity index is 576. The van der Waals surface area contributed by atoms with Gasteiger partial charge in [0.05, 0.1) is 5.56 Å². The van der Waals surface area contributed by atoms with E-state index in [1.54, 1.807) is 19.2 Å². The Kier molecular flexibility index (Phi) is 3.95. The largest absolute Gasteiger partial charge is 0.355 e. The minimum Gasteiger partial charge on any atom is -0.355 e. The van der Waals surface area contributed by atoms with Gasteiger partial charge in [0.2, 0.25) is 0 Å². The summed E-state index contributed by atoms with van der Waals surface area (Å²) in [5.41, 5.74) is 3.11. The van der Waals surface area contributed by atoms with Gasteiger partial charge in [-0.3, -0.25) is 4.79 Å². The van der Waals surface area contributed by atoms with E-state index in [1.807, 2.05) is 18.0 Å². The van der Waals surface area contributed by atoms with Gasteiger partial charge in [0.25, 0.3) is 0 Å².